The highest BCUT2D eigenvalue weighted by Gasteiger charge is 2.01. The molecule has 0 fully saturated rings. The Morgan fingerprint density at radius 2 is 1.81 bits per heavy atom. The summed E-state index contributed by atoms with van der Waals surface area (Å²) in [5.74, 6) is 0.493. The smallest absolute Gasteiger partial charge is 0.214 e. The SMILES string of the molecule is Clc1cccc(OCc2ccccc2Cl)n1. The molecule has 0 bridgehead atoms. The average Bonchev–Trinajstić information content (AvgIpc) is 2.28. The van der Waals surface area contributed by atoms with E-state index in [1.54, 1.807) is 18.2 Å². The lowest BCUT2D eigenvalue weighted by molar-refractivity contribution is 0.294. The minimum absolute atomic E-state index is 0.382. The number of halogens is 2. The number of pyridine rings is 1. The van der Waals surface area contributed by atoms with E-state index in [1.165, 1.54) is 0 Å². The van der Waals surface area contributed by atoms with E-state index in [0.717, 1.165) is 5.56 Å². The van der Waals surface area contributed by atoms with Crippen molar-refractivity contribution in [3.8, 4) is 5.88 Å². The van der Waals surface area contributed by atoms with Crippen molar-refractivity contribution in [2.45, 2.75) is 6.61 Å². The molecule has 2 aromatic rings. The molecule has 0 aliphatic heterocycles. The molecule has 0 aliphatic carbocycles. The summed E-state index contributed by atoms with van der Waals surface area (Å²) in [7, 11) is 0. The first-order chi connectivity index (χ1) is 7.75. The van der Waals surface area contributed by atoms with Crippen LogP contribution in [0.2, 0.25) is 10.2 Å². The first-order valence-corrected chi connectivity index (χ1v) is 5.50. The van der Waals surface area contributed by atoms with Crippen LogP contribution in [0.15, 0.2) is 42.5 Å². The van der Waals surface area contributed by atoms with Gasteiger partial charge in [-0.05, 0) is 12.1 Å². The highest BCUT2D eigenvalue weighted by molar-refractivity contribution is 6.31. The summed E-state index contributed by atoms with van der Waals surface area (Å²) in [5, 5.41) is 1.10. The van der Waals surface area contributed by atoms with Crippen molar-refractivity contribution in [1.82, 2.24) is 4.98 Å². The topological polar surface area (TPSA) is 22.1 Å². The summed E-state index contributed by atoms with van der Waals surface area (Å²) in [6.45, 7) is 0.382. The molecular formula is C12H9Cl2NO. The second-order valence-electron chi connectivity index (χ2n) is 3.18. The summed E-state index contributed by atoms with van der Waals surface area (Å²) in [4.78, 5) is 4.02. The van der Waals surface area contributed by atoms with Crippen molar-refractivity contribution < 1.29 is 4.74 Å². The minimum atomic E-state index is 0.382. The summed E-state index contributed by atoms with van der Waals surface area (Å²) >= 11 is 11.7. The number of rotatable bonds is 3. The molecule has 2 nitrogen and oxygen atoms in total. The fraction of sp³-hybridized carbons (Fsp3) is 0.0833. The maximum absolute atomic E-state index is 6.00. The van der Waals surface area contributed by atoms with E-state index in [2.05, 4.69) is 4.98 Å². The first-order valence-electron chi connectivity index (χ1n) is 4.74. The molecule has 82 valence electrons. The van der Waals surface area contributed by atoms with Gasteiger partial charge in [0.25, 0.3) is 0 Å². The molecule has 1 aromatic heterocycles. The Labute approximate surface area is 104 Å². The van der Waals surface area contributed by atoms with Crippen molar-refractivity contribution in [3.05, 3.63) is 58.2 Å². The second kappa shape index (κ2) is 5.19. The van der Waals surface area contributed by atoms with E-state index in [9.17, 15) is 0 Å². The molecular weight excluding hydrogens is 245 g/mol. The van der Waals surface area contributed by atoms with E-state index >= 15 is 0 Å². The fourth-order valence-electron chi connectivity index (χ4n) is 1.24. The molecule has 1 heterocycles. The number of benzene rings is 1. The molecule has 0 amide bonds. The van der Waals surface area contributed by atoms with Gasteiger partial charge in [-0.2, -0.15) is 0 Å². The molecule has 0 N–H and O–H groups in total. The number of hydrogen-bond donors (Lipinski definition) is 0. The van der Waals surface area contributed by atoms with Crippen LogP contribution in [0.25, 0.3) is 0 Å². The van der Waals surface area contributed by atoms with Crippen LogP contribution in [0.1, 0.15) is 5.56 Å². The lowest BCUT2D eigenvalue weighted by Crippen LogP contribution is -1.97. The number of aromatic nitrogens is 1. The van der Waals surface area contributed by atoms with E-state index in [-0.39, 0.29) is 0 Å². The highest BCUT2D eigenvalue weighted by Crippen LogP contribution is 2.18. The molecule has 4 heteroatoms. The Morgan fingerprint density at radius 1 is 1.00 bits per heavy atom. The summed E-state index contributed by atoms with van der Waals surface area (Å²) in [5.41, 5.74) is 0.922. The van der Waals surface area contributed by atoms with Crippen LogP contribution in [-0.4, -0.2) is 4.98 Å². The van der Waals surface area contributed by atoms with Crippen molar-refractivity contribution in [2.24, 2.45) is 0 Å². The second-order valence-corrected chi connectivity index (χ2v) is 3.97. The van der Waals surface area contributed by atoms with Crippen LogP contribution in [-0.2, 0) is 6.61 Å². The van der Waals surface area contributed by atoms with Crippen LogP contribution in [0.3, 0.4) is 0 Å². The minimum Gasteiger partial charge on any atom is -0.473 e. The monoisotopic (exact) mass is 253 g/mol. The van der Waals surface area contributed by atoms with Gasteiger partial charge in [0, 0.05) is 16.7 Å². The van der Waals surface area contributed by atoms with Gasteiger partial charge in [-0.3, -0.25) is 0 Å². The van der Waals surface area contributed by atoms with Gasteiger partial charge in [0.1, 0.15) is 11.8 Å². The van der Waals surface area contributed by atoms with Gasteiger partial charge in [-0.25, -0.2) is 4.98 Å². The Morgan fingerprint density at radius 3 is 2.56 bits per heavy atom. The molecule has 0 atom stereocenters. The largest absolute Gasteiger partial charge is 0.473 e. The lowest BCUT2D eigenvalue weighted by atomic mass is 10.2. The van der Waals surface area contributed by atoms with Crippen LogP contribution in [0, 0.1) is 0 Å². The Bertz CT molecular complexity index is 488. The third-order valence-electron chi connectivity index (χ3n) is 2.02. The Balaban J connectivity index is 2.05. The fourth-order valence-corrected chi connectivity index (χ4v) is 1.58. The standard InChI is InChI=1S/C12H9Cl2NO/c13-10-5-2-1-4-9(10)8-16-12-7-3-6-11(14)15-12/h1-7H,8H2. The van der Waals surface area contributed by atoms with E-state index in [4.69, 9.17) is 27.9 Å². The van der Waals surface area contributed by atoms with Gasteiger partial charge >= 0.3 is 0 Å². The predicted octanol–water partition coefficient (Wildman–Crippen LogP) is 3.97. The molecule has 0 unspecified atom stereocenters. The quantitative estimate of drug-likeness (QED) is 0.773. The van der Waals surface area contributed by atoms with E-state index in [1.807, 2.05) is 24.3 Å². The zero-order valence-electron chi connectivity index (χ0n) is 8.36. The molecule has 1 aromatic carbocycles. The van der Waals surface area contributed by atoms with Gasteiger partial charge in [0.2, 0.25) is 5.88 Å². The zero-order valence-corrected chi connectivity index (χ0v) is 9.87. The van der Waals surface area contributed by atoms with E-state index < -0.39 is 0 Å². The van der Waals surface area contributed by atoms with Gasteiger partial charge in [-0.15, -0.1) is 0 Å². The molecule has 0 spiro atoms. The maximum Gasteiger partial charge on any atom is 0.214 e. The van der Waals surface area contributed by atoms with Crippen LogP contribution < -0.4 is 4.74 Å². The zero-order chi connectivity index (χ0) is 11.4. The van der Waals surface area contributed by atoms with Crippen LogP contribution in [0.4, 0.5) is 0 Å². The van der Waals surface area contributed by atoms with Gasteiger partial charge in [-0.1, -0.05) is 47.5 Å². The average molecular weight is 254 g/mol. The van der Waals surface area contributed by atoms with Gasteiger partial charge in [0.05, 0.1) is 0 Å². The maximum atomic E-state index is 6.00. The van der Waals surface area contributed by atoms with Gasteiger partial charge in [0.15, 0.2) is 0 Å². The Hall–Kier alpha value is -1.25. The molecule has 0 saturated carbocycles. The van der Waals surface area contributed by atoms with Crippen molar-refractivity contribution in [2.75, 3.05) is 0 Å². The third kappa shape index (κ3) is 2.87. The van der Waals surface area contributed by atoms with Crippen molar-refractivity contribution in [3.63, 3.8) is 0 Å². The third-order valence-corrected chi connectivity index (χ3v) is 2.60. The summed E-state index contributed by atoms with van der Waals surface area (Å²) in [6.07, 6.45) is 0. The van der Waals surface area contributed by atoms with Crippen LogP contribution in [0.5, 0.6) is 5.88 Å². The molecule has 0 radical (unpaired) electrons. The normalized spacial score (nSPS) is 10.1. The lowest BCUT2D eigenvalue weighted by Gasteiger charge is -2.06. The molecule has 2 rings (SSSR count). The van der Waals surface area contributed by atoms with Crippen molar-refractivity contribution >= 4 is 23.2 Å². The van der Waals surface area contributed by atoms with Gasteiger partial charge < -0.3 is 4.74 Å². The number of ether oxygens (including phenoxy) is 1. The number of nitrogens with zero attached hydrogens (tertiary/aromatic N) is 1. The first kappa shape index (κ1) is 11.2. The predicted molar refractivity (Wildman–Crippen MR) is 65.0 cm³/mol. The molecule has 16 heavy (non-hydrogen) atoms. The van der Waals surface area contributed by atoms with E-state index in [0.29, 0.717) is 22.7 Å². The van der Waals surface area contributed by atoms with Crippen LogP contribution >= 0.6 is 23.2 Å². The highest BCUT2D eigenvalue weighted by atomic mass is 35.5. The number of hydrogen-bond acceptors (Lipinski definition) is 2. The summed E-state index contributed by atoms with van der Waals surface area (Å²) in [6, 6.07) is 12.8. The van der Waals surface area contributed by atoms with Crippen molar-refractivity contribution in [1.29, 1.82) is 0 Å². The summed E-state index contributed by atoms with van der Waals surface area (Å²) < 4.78 is 5.47. The molecule has 0 saturated heterocycles. The Kier molecular flexibility index (Phi) is 3.65. The molecule has 0 aliphatic rings.